The average Bonchev–Trinajstić information content (AvgIpc) is 3.28. The minimum Gasteiger partial charge on any atom is -0.472 e. The van der Waals surface area contributed by atoms with E-state index in [1.54, 1.807) is 19.1 Å². The molecule has 2 aromatic rings. The van der Waals surface area contributed by atoms with Crippen LogP contribution in [0.1, 0.15) is 34.2 Å². The minimum absolute atomic E-state index is 0.00351. The molecular formula is C16H17N3O5S. The van der Waals surface area contributed by atoms with Crippen molar-refractivity contribution in [2.45, 2.75) is 19.4 Å². The largest absolute Gasteiger partial charge is 0.472 e. The summed E-state index contributed by atoms with van der Waals surface area (Å²) in [4.78, 5) is 31.9. The lowest BCUT2D eigenvalue weighted by Crippen LogP contribution is -2.17. The molecule has 1 fully saturated rings. The zero-order valence-corrected chi connectivity index (χ0v) is 14.4. The number of rotatable bonds is 6. The maximum absolute atomic E-state index is 12.2. The number of carbonyl (C=O) groups excluding carboxylic acids is 2. The number of ether oxygens (including phenoxy) is 3. The molecule has 1 amide bonds. The number of amides is 1. The number of hydrogen-bond donors (Lipinski definition) is 1. The molecule has 3 heterocycles. The van der Waals surface area contributed by atoms with Gasteiger partial charge in [0.05, 0.1) is 25.4 Å². The predicted molar refractivity (Wildman–Crippen MR) is 90.1 cm³/mol. The summed E-state index contributed by atoms with van der Waals surface area (Å²) in [6, 6.07) is 3.26. The summed E-state index contributed by atoms with van der Waals surface area (Å²) >= 11 is 1.15. The lowest BCUT2D eigenvalue weighted by molar-refractivity contribution is 0.0520. The lowest BCUT2D eigenvalue weighted by atomic mass is 10.2. The molecule has 0 aliphatic carbocycles. The van der Waals surface area contributed by atoms with E-state index in [1.807, 2.05) is 0 Å². The Morgan fingerprint density at radius 3 is 3.00 bits per heavy atom. The van der Waals surface area contributed by atoms with E-state index in [2.05, 4.69) is 15.3 Å². The van der Waals surface area contributed by atoms with Crippen LogP contribution in [0.2, 0.25) is 0 Å². The number of carbonyl (C=O) groups is 2. The molecule has 1 unspecified atom stereocenters. The summed E-state index contributed by atoms with van der Waals surface area (Å²) in [5.74, 6) is -0.433. The smallest absolute Gasteiger partial charge is 0.357 e. The van der Waals surface area contributed by atoms with Crippen molar-refractivity contribution in [3.8, 4) is 5.88 Å². The fourth-order valence-electron chi connectivity index (χ4n) is 2.16. The third kappa shape index (κ3) is 4.52. The fourth-order valence-corrected chi connectivity index (χ4v) is 2.84. The second-order valence-corrected chi connectivity index (χ2v) is 6.06. The highest BCUT2D eigenvalue weighted by Gasteiger charge is 2.18. The number of thiazole rings is 1. The Morgan fingerprint density at radius 1 is 1.44 bits per heavy atom. The van der Waals surface area contributed by atoms with Crippen LogP contribution in [-0.4, -0.2) is 47.8 Å². The van der Waals surface area contributed by atoms with E-state index in [-0.39, 0.29) is 24.3 Å². The van der Waals surface area contributed by atoms with Crippen molar-refractivity contribution in [2.75, 3.05) is 25.1 Å². The first-order valence-corrected chi connectivity index (χ1v) is 8.68. The molecule has 0 saturated carbocycles. The summed E-state index contributed by atoms with van der Waals surface area (Å²) in [5.41, 5.74) is 0.533. The fraction of sp³-hybridized carbons (Fsp3) is 0.375. The molecule has 1 atom stereocenters. The van der Waals surface area contributed by atoms with Gasteiger partial charge in [0.2, 0.25) is 5.88 Å². The topological polar surface area (TPSA) is 99.6 Å². The highest BCUT2D eigenvalue weighted by atomic mass is 32.1. The van der Waals surface area contributed by atoms with Crippen molar-refractivity contribution in [3.63, 3.8) is 0 Å². The first-order chi connectivity index (χ1) is 12.2. The van der Waals surface area contributed by atoms with Crippen molar-refractivity contribution in [2.24, 2.45) is 0 Å². The van der Waals surface area contributed by atoms with Gasteiger partial charge in [0.25, 0.3) is 5.91 Å². The van der Waals surface area contributed by atoms with Gasteiger partial charge >= 0.3 is 5.97 Å². The molecule has 1 aliphatic heterocycles. The summed E-state index contributed by atoms with van der Waals surface area (Å²) in [6.45, 7) is 3.22. The van der Waals surface area contributed by atoms with E-state index in [4.69, 9.17) is 14.2 Å². The zero-order chi connectivity index (χ0) is 17.6. The van der Waals surface area contributed by atoms with Gasteiger partial charge in [-0.25, -0.2) is 14.8 Å². The number of hydrogen-bond acceptors (Lipinski definition) is 8. The highest BCUT2D eigenvalue weighted by Crippen LogP contribution is 2.18. The Kier molecular flexibility index (Phi) is 5.56. The van der Waals surface area contributed by atoms with E-state index in [1.165, 1.54) is 11.6 Å². The van der Waals surface area contributed by atoms with Crippen LogP contribution in [0, 0.1) is 0 Å². The number of pyridine rings is 1. The van der Waals surface area contributed by atoms with Gasteiger partial charge in [0.15, 0.2) is 10.8 Å². The molecule has 0 bridgehead atoms. The van der Waals surface area contributed by atoms with Gasteiger partial charge in [0, 0.05) is 24.1 Å². The van der Waals surface area contributed by atoms with E-state index < -0.39 is 5.97 Å². The van der Waals surface area contributed by atoms with Gasteiger partial charge in [-0.05, 0) is 13.0 Å². The van der Waals surface area contributed by atoms with Gasteiger partial charge in [-0.1, -0.05) is 0 Å². The third-order valence-corrected chi connectivity index (χ3v) is 4.14. The van der Waals surface area contributed by atoms with E-state index in [0.717, 1.165) is 17.8 Å². The maximum atomic E-state index is 12.2. The van der Waals surface area contributed by atoms with Crippen LogP contribution in [0.5, 0.6) is 5.88 Å². The van der Waals surface area contributed by atoms with Crippen molar-refractivity contribution >= 4 is 28.3 Å². The van der Waals surface area contributed by atoms with Gasteiger partial charge in [-0.15, -0.1) is 11.3 Å². The molecule has 0 aromatic carbocycles. The van der Waals surface area contributed by atoms with E-state index in [9.17, 15) is 9.59 Å². The number of aromatic nitrogens is 2. The van der Waals surface area contributed by atoms with Crippen LogP contribution in [0.15, 0.2) is 23.7 Å². The molecule has 2 aromatic heterocycles. The van der Waals surface area contributed by atoms with Crippen molar-refractivity contribution in [3.05, 3.63) is 35.0 Å². The maximum Gasteiger partial charge on any atom is 0.357 e. The Balaban J connectivity index is 1.58. The SMILES string of the molecule is CCOC(=O)c1csc(NC(=O)c2ccc(OC3CCOC3)nc2)n1. The van der Waals surface area contributed by atoms with Crippen molar-refractivity contribution in [1.29, 1.82) is 0 Å². The molecule has 8 nitrogen and oxygen atoms in total. The van der Waals surface area contributed by atoms with E-state index >= 15 is 0 Å². The number of esters is 1. The molecule has 0 radical (unpaired) electrons. The summed E-state index contributed by atoms with van der Waals surface area (Å²) < 4.78 is 15.7. The summed E-state index contributed by atoms with van der Waals surface area (Å²) in [5, 5.41) is 4.48. The molecule has 1 saturated heterocycles. The molecular weight excluding hydrogens is 346 g/mol. The number of nitrogens with one attached hydrogen (secondary N) is 1. The zero-order valence-electron chi connectivity index (χ0n) is 13.6. The van der Waals surface area contributed by atoms with Gasteiger partial charge < -0.3 is 14.2 Å². The number of nitrogens with zero attached hydrogens (tertiary/aromatic N) is 2. The Labute approximate surface area is 148 Å². The van der Waals surface area contributed by atoms with Crippen LogP contribution in [0.4, 0.5) is 5.13 Å². The second kappa shape index (κ2) is 8.04. The molecule has 9 heteroatoms. The van der Waals surface area contributed by atoms with Crippen LogP contribution >= 0.6 is 11.3 Å². The summed E-state index contributed by atoms with van der Waals surface area (Å²) in [6.07, 6.45) is 2.26. The molecule has 1 aliphatic rings. The lowest BCUT2D eigenvalue weighted by Gasteiger charge is -2.10. The van der Waals surface area contributed by atoms with Crippen LogP contribution in [-0.2, 0) is 9.47 Å². The standard InChI is InChI=1S/C16H17N3O5S/c1-2-23-15(21)12-9-25-16(18-12)19-14(20)10-3-4-13(17-7-10)24-11-5-6-22-8-11/h3-4,7,9,11H,2,5-6,8H2,1H3,(H,18,19,20). The monoisotopic (exact) mass is 363 g/mol. The van der Waals surface area contributed by atoms with Gasteiger partial charge in [0.1, 0.15) is 6.10 Å². The van der Waals surface area contributed by atoms with Crippen molar-refractivity contribution < 1.29 is 23.8 Å². The van der Waals surface area contributed by atoms with Crippen LogP contribution in [0.3, 0.4) is 0 Å². The molecule has 1 N–H and O–H groups in total. The Bertz CT molecular complexity index is 740. The predicted octanol–water partition coefficient (Wildman–Crippen LogP) is 2.13. The second-order valence-electron chi connectivity index (χ2n) is 5.20. The minimum atomic E-state index is -0.515. The number of anilines is 1. The molecule has 0 spiro atoms. The third-order valence-electron chi connectivity index (χ3n) is 3.38. The highest BCUT2D eigenvalue weighted by molar-refractivity contribution is 7.14. The van der Waals surface area contributed by atoms with Gasteiger partial charge in [-0.3, -0.25) is 10.1 Å². The Hall–Kier alpha value is -2.52. The average molecular weight is 363 g/mol. The molecule has 3 rings (SSSR count). The summed E-state index contributed by atoms with van der Waals surface area (Å²) in [7, 11) is 0. The molecule has 25 heavy (non-hydrogen) atoms. The van der Waals surface area contributed by atoms with Crippen LogP contribution < -0.4 is 10.1 Å². The van der Waals surface area contributed by atoms with Crippen molar-refractivity contribution in [1.82, 2.24) is 9.97 Å². The quantitative estimate of drug-likeness (QED) is 0.785. The normalized spacial score (nSPS) is 16.4. The Morgan fingerprint density at radius 2 is 2.32 bits per heavy atom. The van der Waals surface area contributed by atoms with Gasteiger partial charge in [-0.2, -0.15) is 0 Å². The first-order valence-electron chi connectivity index (χ1n) is 7.80. The van der Waals surface area contributed by atoms with Crippen LogP contribution in [0.25, 0.3) is 0 Å². The van der Waals surface area contributed by atoms with E-state index in [0.29, 0.717) is 29.8 Å². The first kappa shape index (κ1) is 17.3. The molecule has 132 valence electrons.